The van der Waals surface area contributed by atoms with Gasteiger partial charge in [0.2, 0.25) is 5.69 Å². The Morgan fingerprint density at radius 2 is 1.87 bits per heavy atom. The standard InChI is InChI=1S/C21H21N3O6S/c1-28-13-10-8-12(9-11-13)24-17(21(27)30-23-24)18(25)22-19-16(20(26)29-2)14-6-4-3-5-7-15(14)31-19/h8-11H,3-7H2,1-2H3,(H-,22,23,25,26,27)/p+1. The third kappa shape index (κ3) is 3.98. The van der Waals surface area contributed by atoms with Crippen molar-refractivity contribution in [2.75, 3.05) is 19.5 Å². The summed E-state index contributed by atoms with van der Waals surface area (Å²) < 4.78 is 16.2. The molecule has 1 amide bonds. The van der Waals surface area contributed by atoms with Crippen LogP contribution in [0, 0.1) is 0 Å². The van der Waals surface area contributed by atoms with Gasteiger partial charge in [0.25, 0.3) is 0 Å². The normalized spacial score (nSPS) is 13.2. The van der Waals surface area contributed by atoms with E-state index < -0.39 is 17.5 Å². The fourth-order valence-electron chi connectivity index (χ4n) is 3.69. The molecule has 10 heteroatoms. The van der Waals surface area contributed by atoms with Crippen LogP contribution in [0.25, 0.3) is 5.69 Å². The van der Waals surface area contributed by atoms with Crippen molar-refractivity contribution in [3.05, 3.63) is 56.4 Å². The molecule has 0 atom stereocenters. The maximum absolute atomic E-state index is 13.1. The highest BCUT2D eigenvalue weighted by Crippen LogP contribution is 2.38. The first-order valence-corrected chi connectivity index (χ1v) is 10.7. The van der Waals surface area contributed by atoms with E-state index in [0.29, 0.717) is 22.0 Å². The Balaban J connectivity index is 1.70. The number of aromatic amines is 1. The second-order valence-electron chi connectivity index (χ2n) is 7.08. The minimum Gasteiger partial charge on any atom is -0.497 e. The number of hydrogen-bond acceptors (Lipinski definition) is 7. The molecular weight excluding hydrogens is 422 g/mol. The number of nitrogens with one attached hydrogen (secondary N) is 2. The molecule has 3 aromatic rings. The van der Waals surface area contributed by atoms with Gasteiger partial charge in [-0.05, 0) is 53.3 Å². The average molecular weight is 444 g/mol. The Labute approximate surface area is 181 Å². The number of esters is 1. The van der Waals surface area contributed by atoms with Gasteiger partial charge >= 0.3 is 23.2 Å². The van der Waals surface area contributed by atoms with Crippen LogP contribution in [-0.2, 0) is 17.6 Å². The molecule has 0 fully saturated rings. The molecule has 2 heterocycles. The molecule has 0 saturated carbocycles. The Morgan fingerprint density at radius 3 is 2.58 bits per heavy atom. The van der Waals surface area contributed by atoms with Crippen LogP contribution in [0.15, 0.2) is 33.6 Å². The summed E-state index contributed by atoms with van der Waals surface area (Å²) in [5.74, 6) is -0.560. The molecule has 2 N–H and O–H groups in total. The minimum absolute atomic E-state index is 0.246. The lowest BCUT2D eigenvalue weighted by Crippen LogP contribution is -2.42. The second kappa shape index (κ2) is 8.76. The minimum atomic E-state index is -0.828. The molecule has 31 heavy (non-hydrogen) atoms. The number of nitrogens with zero attached hydrogens (tertiary/aromatic N) is 1. The summed E-state index contributed by atoms with van der Waals surface area (Å²) in [5.41, 5.74) is 0.727. The number of aryl methyl sites for hydroxylation is 1. The summed E-state index contributed by atoms with van der Waals surface area (Å²) >= 11 is 1.36. The third-order valence-electron chi connectivity index (χ3n) is 5.23. The van der Waals surface area contributed by atoms with E-state index in [9.17, 15) is 14.4 Å². The first-order valence-electron chi connectivity index (χ1n) is 9.85. The smallest absolute Gasteiger partial charge is 0.441 e. The molecule has 0 bridgehead atoms. The molecular formula is C21H22N3O6S+. The summed E-state index contributed by atoms with van der Waals surface area (Å²) in [7, 11) is 2.86. The van der Waals surface area contributed by atoms with E-state index in [4.69, 9.17) is 14.0 Å². The first-order chi connectivity index (χ1) is 15.0. The SMILES string of the molecule is COC(=O)c1c(NC(=O)c2c(=O)o[nH][n+]2-c2ccc(OC)cc2)sc2c1CCCCC2. The molecule has 0 radical (unpaired) electrons. The van der Waals surface area contributed by atoms with Crippen LogP contribution >= 0.6 is 11.3 Å². The average Bonchev–Trinajstić information content (AvgIpc) is 3.24. The predicted molar refractivity (Wildman–Crippen MR) is 112 cm³/mol. The Hall–Kier alpha value is -3.40. The van der Waals surface area contributed by atoms with Crippen LogP contribution in [0.3, 0.4) is 0 Å². The number of anilines is 1. The first kappa shape index (κ1) is 20.9. The number of hydrogen-bond donors (Lipinski definition) is 2. The van der Waals surface area contributed by atoms with Crippen molar-refractivity contribution in [3.8, 4) is 11.4 Å². The van der Waals surface area contributed by atoms with E-state index in [1.807, 2.05) is 0 Å². The number of aromatic nitrogens is 2. The van der Waals surface area contributed by atoms with Gasteiger partial charge in [0.05, 0.1) is 19.8 Å². The van der Waals surface area contributed by atoms with Gasteiger partial charge in [-0.1, -0.05) is 6.42 Å². The van der Waals surface area contributed by atoms with Crippen molar-refractivity contribution >= 4 is 28.2 Å². The highest BCUT2D eigenvalue weighted by atomic mass is 32.1. The number of amides is 1. The van der Waals surface area contributed by atoms with Gasteiger partial charge < -0.3 is 14.8 Å². The Bertz CT molecular complexity index is 1170. The summed E-state index contributed by atoms with van der Waals surface area (Å²) in [5, 5.41) is 5.55. The molecule has 1 aliphatic carbocycles. The molecule has 162 valence electrons. The molecule has 1 aliphatic rings. The molecule has 0 unspecified atom stereocenters. The van der Waals surface area contributed by atoms with Crippen LogP contribution in [0.5, 0.6) is 5.75 Å². The zero-order valence-electron chi connectivity index (χ0n) is 17.1. The largest absolute Gasteiger partial charge is 0.497 e. The van der Waals surface area contributed by atoms with Crippen molar-refractivity contribution < 1.29 is 28.3 Å². The molecule has 4 rings (SSSR count). The zero-order chi connectivity index (χ0) is 22.0. The van der Waals surface area contributed by atoms with E-state index in [1.165, 1.54) is 23.1 Å². The maximum atomic E-state index is 13.1. The van der Waals surface area contributed by atoms with E-state index >= 15 is 0 Å². The summed E-state index contributed by atoms with van der Waals surface area (Å²) in [4.78, 5) is 38.9. The monoisotopic (exact) mass is 444 g/mol. The number of ether oxygens (including phenoxy) is 2. The van der Waals surface area contributed by atoms with Crippen molar-refractivity contribution in [2.24, 2.45) is 0 Å². The highest BCUT2D eigenvalue weighted by molar-refractivity contribution is 7.17. The van der Waals surface area contributed by atoms with Gasteiger partial charge in [0.15, 0.2) is 0 Å². The third-order valence-corrected chi connectivity index (χ3v) is 6.44. The number of carbonyl (C=O) groups excluding carboxylic acids is 2. The van der Waals surface area contributed by atoms with Crippen LogP contribution in [0.4, 0.5) is 5.00 Å². The van der Waals surface area contributed by atoms with Gasteiger partial charge in [-0.3, -0.25) is 9.32 Å². The van der Waals surface area contributed by atoms with E-state index in [1.54, 1.807) is 31.4 Å². The van der Waals surface area contributed by atoms with Crippen LogP contribution < -0.4 is 20.4 Å². The van der Waals surface area contributed by atoms with Crippen molar-refractivity contribution in [2.45, 2.75) is 32.1 Å². The molecule has 0 aliphatic heterocycles. The van der Waals surface area contributed by atoms with Crippen molar-refractivity contribution in [1.29, 1.82) is 0 Å². The fraction of sp³-hybridized carbons (Fsp3) is 0.333. The molecule has 9 nitrogen and oxygen atoms in total. The quantitative estimate of drug-likeness (QED) is 0.355. The van der Waals surface area contributed by atoms with Crippen LogP contribution in [0.2, 0.25) is 0 Å². The van der Waals surface area contributed by atoms with E-state index in [-0.39, 0.29) is 5.69 Å². The van der Waals surface area contributed by atoms with E-state index in [2.05, 4.69) is 10.6 Å². The van der Waals surface area contributed by atoms with Crippen LogP contribution in [0.1, 0.15) is 50.5 Å². The van der Waals surface area contributed by atoms with Gasteiger partial charge in [0, 0.05) is 17.0 Å². The van der Waals surface area contributed by atoms with Crippen molar-refractivity contribution in [1.82, 2.24) is 5.27 Å². The second-order valence-corrected chi connectivity index (χ2v) is 8.18. The maximum Gasteiger partial charge on any atom is 0.441 e. The number of fused-ring (bicyclic) bond motifs is 1. The van der Waals surface area contributed by atoms with Gasteiger partial charge in [0.1, 0.15) is 10.8 Å². The number of thiophene rings is 1. The van der Waals surface area contributed by atoms with E-state index in [0.717, 1.165) is 42.5 Å². The predicted octanol–water partition coefficient (Wildman–Crippen LogP) is 2.62. The summed E-state index contributed by atoms with van der Waals surface area (Å²) in [6.07, 6.45) is 4.69. The van der Waals surface area contributed by atoms with Crippen LogP contribution in [-0.4, -0.2) is 31.4 Å². The lowest BCUT2D eigenvalue weighted by atomic mass is 10.1. The number of benzene rings is 1. The summed E-state index contributed by atoms with van der Waals surface area (Å²) in [6.45, 7) is 0. The number of H-pyrrole nitrogens is 1. The topological polar surface area (TPSA) is 115 Å². The molecule has 2 aromatic heterocycles. The molecule has 0 saturated heterocycles. The Kier molecular flexibility index (Phi) is 5.90. The molecule has 0 spiro atoms. The fourth-order valence-corrected chi connectivity index (χ4v) is 4.96. The highest BCUT2D eigenvalue weighted by Gasteiger charge is 2.33. The molecule has 1 aromatic carbocycles. The Morgan fingerprint density at radius 1 is 1.13 bits per heavy atom. The lowest BCUT2D eigenvalue weighted by molar-refractivity contribution is -0.672. The number of carbonyl (C=O) groups is 2. The van der Waals surface area contributed by atoms with Gasteiger partial charge in [-0.2, -0.15) is 0 Å². The number of methoxy groups -OCH3 is 2. The summed E-state index contributed by atoms with van der Waals surface area (Å²) in [6, 6.07) is 6.74. The zero-order valence-corrected chi connectivity index (χ0v) is 18.0. The van der Waals surface area contributed by atoms with Gasteiger partial charge in [-0.25, -0.2) is 9.59 Å². The lowest BCUT2D eigenvalue weighted by Gasteiger charge is -2.06. The number of rotatable bonds is 5. The van der Waals surface area contributed by atoms with Gasteiger partial charge in [-0.15, -0.1) is 11.3 Å². The van der Waals surface area contributed by atoms with Crippen molar-refractivity contribution in [3.63, 3.8) is 0 Å².